The van der Waals surface area contributed by atoms with Crippen LogP contribution in [0.5, 0.6) is 5.75 Å². The number of nitrogens with two attached hydrogens (primary N) is 2. The number of benzene rings is 2. The van der Waals surface area contributed by atoms with Crippen molar-refractivity contribution >= 4 is 23.8 Å². The van der Waals surface area contributed by atoms with Crippen molar-refractivity contribution in [1.82, 2.24) is 0 Å². The van der Waals surface area contributed by atoms with E-state index in [4.69, 9.17) is 16.2 Å². The number of carbonyl (C=O) groups excluding carboxylic acids is 1. The van der Waals surface area contributed by atoms with Gasteiger partial charge in [-0.2, -0.15) is 5.10 Å². The van der Waals surface area contributed by atoms with Gasteiger partial charge in [0.2, 0.25) is 5.96 Å². The number of hydrogen-bond donors (Lipinski definition) is 3. The minimum atomic E-state index is -0.250. The Hall–Kier alpha value is -3.35. The van der Waals surface area contributed by atoms with Crippen LogP contribution < -0.4 is 21.5 Å². The van der Waals surface area contributed by atoms with Gasteiger partial charge in [-0.25, -0.2) is 0 Å². The Kier molecular flexibility index (Phi) is 5.90. The van der Waals surface area contributed by atoms with Crippen LogP contribution >= 0.6 is 0 Å². The van der Waals surface area contributed by atoms with E-state index >= 15 is 0 Å². The van der Waals surface area contributed by atoms with Crippen molar-refractivity contribution in [3.05, 3.63) is 59.7 Å². The summed E-state index contributed by atoms with van der Waals surface area (Å²) in [6.45, 7) is 1.80. The molecular weight excluding hydrogens is 306 g/mol. The minimum absolute atomic E-state index is 0.124. The van der Waals surface area contributed by atoms with E-state index in [1.807, 2.05) is 37.3 Å². The number of amides is 1. The summed E-state index contributed by atoms with van der Waals surface area (Å²) < 4.78 is 5.55. The Labute approximate surface area is 140 Å². The Morgan fingerprint density at radius 1 is 1.17 bits per heavy atom. The lowest BCUT2D eigenvalue weighted by molar-refractivity contribution is -0.118. The smallest absolute Gasteiger partial charge is 0.262 e. The Bertz CT molecular complexity index is 767. The van der Waals surface area contributed by atoms with Crippen LogP contribution in [-0.4, -0.2) is 24.7 Å². The van der Waals surface area contributed by atoms with Crippen LogP contribution in [0.15, 0.2) is 58.7 Å². The zero-order valence-corrected chi connectivity index (χ0v) is 13.3. The van der Waals surface area contributed by atoms with Gasteiger partial charge in [0.1, 0.15) is 5.75 Å². The molecule has 0 fully saturated rings. The molecule has 0 saturated heterocycles. The third-order valence-corrected chi connectivity index (χ3v) is 3.07. The van der Waals surface area contributed by atoms with Crippen molar-refractivity contribution in [3.8, 4) is 5.75 Å². The van der Waals surface area contributed by atoms with Gasteiger partial charge >= 0.3 is 0 Å². The Morgan fingerprint density at radius 2 is 1.88 bits per heavy atom. The highest BCUT2D eigenvalue weighted by Gasteiger charge is 2.07. The molecule has 0 spiro atoms. The number of rotatable bonds is 6. The van der Waals surface area contributed by atoms with E-state index in [2.05, 4.69) is 15.5 Å². The molecule has 0 aliphatic carbocycles. The number of guanidine groups is 1. The first-order valence-corrected chi connectivity index (χ1v) is 7.25. The molecule has 7 nitrogen and oxygen atoms in total. The van der Waals surface area contributed by atoms with Crippen LogP contribution in [0.3, 0.4) is 0 Å². The maximum Gasteiger partial charge on any atom is 0.262 e. The normalized spacial score (nSPS) is 10.4. The highest BCUT2D eigenvalue weighted by Crippen LogP contribution is 2.17. The summed E-state index contributed by atoms with van der Waals surface area (Å²) in [5, 5.41) is 10.1. The fourth-order valence-electron chi connectivity index (χ4n) is 1.92. The lowest BCUT2D eigenvalue weighted by Crippen LogP contribution is -2.21. The average Bonchev–Trinajstić information content (AvgIpc) is 2.56. The molecule has 0 radical (unpaired) electrons. The van der Waals surface area contributed by atoms with Gasteiger partial charge in [-0.05, 0) is 30.7 Å². The van der Waals surface area contributed by atoms with Gasteiger partial charge in [0, 0.05) is 11.3 Å². The number of aryl methyl sites for hydroxylation is 1. The summed E-state index contributed by atoms with van der Waals surface area (Å²) in [6, 6.07) is 14.7. The molecule has 0 saturated carbocycles. The van der Waals surface area contributed by atoms with Crippen molar-refractivity contribution in [2.45, 2.75) is 6.92 Å². The van der Waals surface area contributed by atoms with Crippen LogP contribution in [-0.2, 0) is 4.79 Å². The fourth-order valence-corrected chi connectivity index (χ4v) is 1.92. The Morgan fingerprint density at radius 3 is 2.62 bits per heavy atom. The van der Waals surface area contributed by atoms with Crippen LogP contribution in [0.25, 0.3) is 0 Å². The van der Waals surface area contributed by atoms with Gasteiger partial charge in [-0.1, -0.05) is 30.3 Å². The summed E-state index contributed by atoms with van der Waals surface area (Å²) in [6.07, 6.45) is 1.45. The zero-order valence-electron chi connectivity index (χ0n) is 13.3. The Balaban J connectivity index is 1.99. The minimum Gasteiger partial charge on any atom is -0.483 e. The first kappa shape index (κ1) is 17.0. The van der Waals surface area contributed by atoms with Crippen molar-refractivity contribution in [2.24, 2.45) is 21.7 Å². The van der Waals surface area contributed by atoms with E-state index in [0.29, 0.717) is 11.3 Å². The molecule has 124 valence electrons. The molecule has 0 aliphatic heterocycles. The second-order valence-electron chi connectivity index (χ2n) is 4.96. The van der Waals surface area contributed by atoms with Crippen molar-refractivity contribution in [1.29, 1.82) is 0 Å². The summed E-state index contributed by atoms with van der Waals surface area (Å²) in [5.74, 6) is 0.120. The van der Waals surface area contributed by atoms with Crippen LogP contribution in [0.1, 0.15) is 11.1 Å². The van der Waals surface area contributed by atoms with Crippen LogP contribution in [0.4, 0.5) is 5.69 Å². The highest BCUT2D eigenvalue weighted by atomic mass is 16.5. The van der Waals surface area contributed by atoms with E-state index in [1.54, 1.807) is 18.2 Å². The number of anilines is 1. The molecule has 2 rings (SSSR count). The van der Waals surface area contributed by atoms with Gasteiger partial charge in [-0.3, -0.25) is 4.79 Å². The number of hydrogen-bond acceptors (Lipinski definition) is 4. The second kappa shape index (κ2) is 8.33. The van der Waals surface area contributed by atoms with Gasteiger partial charge in [0.15, 0.2) is 6.61 Å². The maximum absolute atomic E-state index is 12.0. The first-order valence-electron chi connectivity index (χ1n) is 7.25. The molecule has 0 heterocycles. The van der Waals surface area contributed by atoms with Crippen molar-refractivity contribution in [2.75, 3.05) is 11.9 Å². The van der Waals surface area contributed by atoms with E-state index in [-0.39, 0.29) is 18.5 Å². The quantitative estimate of drug-likeness (QED) is 0.425. The SMILES string of the molecule is Cc1ccccc1NC(=O)COc1ccccc1C=NN=C(N)N. The van der Waals surface area contributed by atoms with Crippen LogP contribution in [0, 0.1) is 6.92 Å². The van der Waals surface area contributed by atoms with Gasteiger partial charge in [-0.15, -0.1) is 5.10 Å². The number of carbonyl (C=O) groups is 1. The fraction of sp³-hybridized carbons (Fsp3) is 0.118. The van der Waals surface area contributed by atoms with E-state index in [0.717, 1.165) is 11.3 Å². The molecule has 1 amide bonds. The molecular formula is C17H19N5O2. The van der Waals surface area contributed by atoms with Gasteiger partial charge in [0.05, 0.1) is 6.21 Å². The molecule has 24 heavy (non-hydrogen) atoms. The summed E-state index contributed by atoms with van der Waals surface area (Å²) in [4.78, 5) is 12.0. The first-order chi connectivity index (χ1) is 11.6. The van der Waals surface area contributed by atoms with E-state index in [1.165, 1.54) is 6.21 Å². The van der Waals surface area contributed by atoms with Crippen LogP contribution in [0.2, 0.25) is 0 Å². The third-order valence-electron chi connectivity index (χ3n) is 3.07. The van der Waals surface area contributed by atoms with E-state index in [9.17, 15) is 4.79 Å². The largest absolute Gasteiger partial charge is 0.483 e. The molecule has 0 unspecified atom stereocenters. The molecule has 0 bridgehead atoms. The predicted octanol–water partition coefficient (Wildman–Crippen LogP) is 1.62. The monoisotopic (exact) mass is 325 g/mol. The van der Waals surface area contributed by atoms with Gasteiger partial charge < -0.3 is 21.5 Å². The van der Waals surface area contributed by atoms with Crippen molar-refractivity contribution < 1.29 is 9.53 Å². The predicted molar refractivity (Wildman–Crippen MR) is 95.1 cm³/mol. The highest BCUT2D eigenvalue weighted by molar-refractivity contribution is 5.93. The molecule has 0 atom stereocenters. The molecule has 5 N–H and O–H groups in total. The topological polar surface area (TPSA) is 115 Å². The number of nitrogens with one attached hydrogen (secondary N) is 1. The lowest BCUT2D eigenvalue weighted by Gasteiger charge is -2.10. The molecule has 2 aromatic carbocycles. The molecule has 7 heteroatoms. The summed E-state index contributed by atoms with van der Waals surface area (Å²) in [5.41, 5.74) is 12.8. The summed E-state index contributed by atoms with van der Waals surface area (Å²) >= 11 is 0. The molecule has 0 aromatic heterocycles. The molecule has 2 aromatic rings. The number of para-hydroxylation sites is 2. The third kappa shape index (κ3) is 5.13. The zero-order chi connectivity index (χ0) is 17.4. The number of ether oxygens (including phenoxy) is 1. The average molecular weight is 325 g/mol. The number of nitrogens with zero attached hydrogens (tertiary/aromatic N) is 2. The lowest BCUT2D eigenvalue weighted by atomic mass is 10.2. The maximum atomic E-state index is 12.0. The molecule has 0 aliphatic rings. The standard InChI is InChI=1S/C17H19N5O2/c1-12-6-2-4-8-14(12)21-16(23)11-24-15-9-5-3-7-13(15)10-20-22-17(18)19/h2-10H,11H2,1H3,(H,21,23)(H4,18,19,22). The second-order valence-corrected chi connectivity index (χ2v) is 4.96. The van der Waals surface area contributed by atoms with Gasteiger partial charge in [0.25, 0.3) is 5.91 Å². The van der Waals surface area contributed by atoms with Crippen molar-refractivity contribution in [3.63, 3.8) is 0 Å². The van der Waals surface area contributed by atoms with E-state index < -0.39 is 0 Å². The summed E-state index contributed by atoms with van der Waals surface area (Å²) in [7, 11) is 0.